The van der Waals surface area contributed by atoms with Gasteiger partial charge in [0.2, 0.25) is 20.8 Å². The molecule has 0 aromatic heterocycles. The molecule has 0 aliphatic carbocycles. The first-order chi connectivity index (χ1) is 21.7. The number of nitrogens with two attached hydrogens (primary N) is 3. The molecule has 0 aliphatic heterocycles. The number of carbonyl (C=O) groups is 1. The van der Waals surface area contributed by atoms with Crippen molar-refractivity contribution in [2.24, 2.45) is 22.2 Å². The second kappa shape index (κ2) is 37.9. The van der Waals surface area contributed by atoms with Crippen LogP contribution >= 0.6 is 0 Å². The summed E-state index contributed by atoms with van der Waals surface area (Å²) in [7, 11) is -8.97. The molecule has 0 bridgehead atoms. The third kappa shape index (κ3) is 57.7. The van der Waals surface area contributed by atoms with E-state index in [1.807, 2.05) is 0 Å². The monoisotopic (exact) mass is 768 g/mol. The summed E-state index contributed by atoms with van der Waals surface area (Å²) in [6.45, 7) is 4.91. The largest absolute Gasteiger partial charge is 2.00 e. The molecule has 47 heavy (non-hydrogen) atoms. The van der Waals surface area contributed by atoms with Gasteiger partial charge in [-0.1, -0.05) is 129 Å². The van der Waals surface area contributed by atoms with Gasteiger partial charge < -0.3 is 31.4 Å². The molecular formula is C30H64N4O10S2Zn. The zero-order valence-corrected chi connectivity index (χ0v) is 33.7. The number of unbranched alkanes of at least 4 members (excludes halogenated alkanes) is 18. The fraction of sp³-hybridized carbons (Fsp3) is 0.933. The van der Waals surface area contributed by atoms with Crippen LogP contribution in [0.4, 0.5) is 0 Å². The predicted molar refractivity (Wildman–Crippen MR) is 181 cm³/mol. The van der Waals surface area contributed by atoms with E-state index < -0.39 is 32.8 Å². The maximum atomic E-state index is 10.2. The predicted octanol–water partition coefficient (Wildman–Crippen LogP) is 5.22. The molecule has 0 spiro atoms. The smallest absolute Gasteiger partial charge is 0.726 e. The van der Waals surface area contributed by atoms with Gasteiger partial charge in [0.1, 0.15) is 6.04 Å². The fourth-order valence-electron chi connectivity index (χ4n) is 4.14. The van der Waals surface area contributed by atoms with Gasteiger partial charge in [-0.05, 0) is 25.7 Å². The Morgan fingerprint density at radius 2 is 0.936 bits per heavy atom. The van der Waals surface area contributed by atoms with Crippen LogP contribution in [0.3, 0.4) is 0 Å². The molecule has 1 atom stereocenters. The maximum absolute atomic E-state index is 10.2. The Morgan fingerprint density at radius 1 is 0.638 bits per heavy atom. The first kappa shape index (κ1) is 52.9. The fourth-order valence-corrected chi connectivity index (χ4v) is 4.79. The van der Waals surface area contributed by atoms with E-state index >= 15 is 0 Å². The van der Waals surface area contributed by atoms with Gasteiger partial charge in [0.25, 0.3) is 0 Å². The molecule has 0 heterocycles. The van der Waals surface area contributed by atoms with Crippen molar-refractivity contribution in [1.82, 2.24) is 0 Å². The quantitative estimate of drug-likeness (QED) is 0.0190. The Hall–Kier alpha value is -0.937. The summed E-state index contributed by atoms with van der Waals surface area (Å²) < 4.78 is 68.9. The van der Waals surface area contributed by atoms with Crippen molar-refractivity contribution in [3.63, 3.8) is 0 Å². The molecule has 0 aromatic carbocycles. The van der Waals surface area contributed by atoms with Crippen molar-refractivity contribution in [2.75, 3.05) is 19.8 Å². The van der Waals surface area contributed by atoms with Crippen LogP contribution in [0.1, 0.15) is 155 Å². The number of carboxylic acids is 1. The minimum atomic E-state index is -4.48. The second-order valence-electron chi connectivity index (χ2n) is 11.2. The van der Waals surface area contributed by atoms with Crippen molar-refractivity contribution in [3.8, 4) is 0 Å². The maximum Gasteiger partial charge on any atom is 2.00 e. The van der Waals surface area contributed by atoms with Crippen molar-refractivity contribution in [2.45, 2.75) is 161 Å². The number of rotatable bonds is 29. The van der Waals surface area contributed by atoms with Crippen LogP contribution in [-0.4, -0.2) is 68.8 Å². The van der Waals surface area contributed by atoms with Crippen molar-refractivity contribution in [1.29, 1.82) is 0 Å². The summed E-state index contributed by atoms with van der Waals surface area (Å²) in [4.78, 5) is 13.9. The van der Waals surface area contributed by atoms with Gasteiger partial charge in [-0.3, -0.25) is 18.2 Å². The molecule has 278 valence electrons. The van der Waals surface area contributed by atoms with Crippen LogP contribution in [0.15, 0.2) is 4.99 Å². The summed E-state index contributed by atoms with van der Waals surface area (Å²) in [5, 5.41) is 8.38. The second-order valence-corrected chi connectivity index (χ2v) is 13.3. The number of aliphatic imine (C=N–C) groups is 1. The molecule has 0 fully saturated rings. The van der Waals surface area contributed by atoms with Gasteiger partial charge in [0, 0.05) is 6.54 Å². The van der Waals surface area contributed by atoms with E-state index in [0.717, 1.165) is 25.7 Å². The van der Waals surface area contributed by atoms with E-state index in [1.54, 1.807) is 0 Å². The van der Waals surface area contributed by atoms with Gasteiger partial charge in [0.05, 0.1) is 13.2 Å². The van der Waals surface area contributed by atoms with Crippen molar-refractivity contribution in [3.05, 3.63) is 0 Å². The Balaban J connectivity index is -0.000000297. The van der Waals surface area contributed by atoms with E-state index in [-0.39, 0.29) is 38.7 Å². The topological polar surface area (TPSA) is 261 Å². The molecule has 0 saturated carbocycles. The summed E-state index contributed by atoms with van der Waals surface area (Å²) in [5.74, 6) is -0.987. The minimum absolute atomic E-state index is 0. The van der Waals surface area contributed by atoms with E-state index in [1.165, 1.54) is 89.9 Å². The summed E-state index contributed by atoms with van der Waals surface area (Å²) in [5.41, 5.74) is 15.3. The Kier molecular flexibility index (Phi) is 42.6. The van der Waals surface area contributed by atoms with Crippen molar-refractivity contribution >= 4 is 32.7 Å². The number of aliphatic carboxylic acids is 1. The van der Waals surface area contributed by atoms with E-state index in [9.17, 15) is 30.7 Å². The number of nitrogens with zero attached hydrogens (tertiary/aromatic N) is 1. The minimum Gasteiger partial charge on any atom is -0.726 e. The number of hydrogen-bond donors (Lipinski definition) is 4. The number of guanidine groups is 1. The SMILES string of the molecule is CCCCCCCCCCCCOS(=O)(=O)[O-].CCCCCCCCCCCCOS(=O)(=O)[O-].NC(N)=NCCCC(N)C(=O)O.[Zn+2]. The van der Waals surface area contributed by atoms with Gasteiger partial charge in [0.15, 0.2) is 5.96 Å². The molecule has 1 unspecified atom stereocenters. The normalized spacial score (nSPS) is 11.7. The summed E-state index contributed by atoms with van der Waals surface area (Å²) >= 11 is 0. The molecule has 0 saturated heterocycles. The molecule has 17 heteroatoms. The first-order valence-corrected chi connectivity index (χ1v) is 19.6. The third-order valence-electron chi connectivity index (χ3n) is 6.74. The molecule has 0 aliphatic rings. The molecule has 0 amide bonds. The van der Waals surface area contributed by atoms with E-state index in [4.69, 9.17) is 22.3 Å². The Labute approximate surface area is 298 Å². The van der Waals surface area contributed by atoms with Crippen LogP contribution in [0.2, 0.25) is 0 Å². The van der Waals surface area contributed by atoms with Crippen LogP contribution in [-0.2, 0) is 53.4 Å². The van der Waals surface area contributed by atoms with E-state index in [2.05, 4.69) is 27.2 Å². The summed E-state index contributed by atoms with van der Waals surface area (Å²) in [6.07, 6.45) is 24.4. The van der Waals surface area contributed by atoms with Gasteiger partial charge in [-0.15, -0.1) is 0 Å². The molecule has 14 nitrogen and oxygen atoms in total. The average molecular weight is 770 g/mol. The van der Waals surface area contributed by atoms with Crippen LogP contribution in [0.5, 0.6) is 0 Å². The number of hydrogen-bond acceptors (Lipinski definition) is 11. The van der Waals surface area contributed by atoms with Gasteiger partial charge >= 0.3 is 25.4 Å². The zero-order chi connectivity index (χ0) is 35.5. The standard InChI is InChI=1S/2C12H26O4S.C6H14N4O2.Zn/c2*1-2-3-4-5-6-7-8-9-10-11-12-16-17(13,14)15;7-4(5(11)12)2-1-3-10-6(8)9;/h2*2-12H2,1H3,(H,13,14,15);4H,1-3,7H2,(H,11,12)(H4,8,9,10);/q;;;+2/p-2. The average Bonchev–Trinajstić information content (AvgIpc) is 2.96. The van der Waals surface area contributed by atoms with Crippen molar-refractivity contribution < 1.29 is 63.7 Å². The van der Waals surface area contributed by atoms with Crippen LogP contribution in [0.25, 0.3) is 0 Å². The first-order valence-electron chi connectivity index (χ1n) is 16.9. The van der Waals surface area contributed by atoms with Gasteiger partial charge in [-0.25, -0.2) is 16.8 Å². The van der Waals surface area contributed by atoms with Crippen LogP contribution in [0, 0.1) is 0 Å². The number of carboxylic acid groups (broad SMARTS) is 1. The molecule has 0 aromatic rings. The molecule has 0 radical (unpaired) electrons. The van der Waals surface area contributed by atoms with E-state index in [0.29, 0.717) is 32.2 Å². The molecular weight excluding hydrogens is 706 g/mol. The Morgan fingerprint density at radius 3 is 1.19 bits per heavy atom. The third-order valence-corrected chi connectivity index (χ3v) is 7.65. The molecule has 0 rings (SSSR count). The zero-order valence-electron chi connectivity index (χ0n) is 29.1. The van der Waals surface area contributed by atoms with Crippen LogP contribution < -0.4 is 17.2 Å². The molecule has 7 N–H and O–H groups in total. The summed E-state index contributed by atoms with van der Waals surface area (Å²) in [6, 6.07) is -0.820. The Bertz CT molecular complexity index is 870. The van der Waals surface area contributed by atoms with Gasteiger partial charge in [-0.2, -0.15) is 0 Å².